The standard InChI is InChI=1S/C14H15ClN2OS/c1-10-2-4-12(5-3-10)19-7-6-16-14(18)13-8-11(15)9-17-13/h2-5,8-9,17H,6-7H2,1H3,(H,16,18). The van der Waals surface area contributed by atoms with Crippen LogP contribution in [0.15, 0.2) is 41.4 Å². The Bertz CT molecular complexity index is 551. The highest BCUT2D eigenvalue weighted by molar-refractivity contribution is 7.99. The van der Waals surface area contributed by atoms with E-state index in [4.69, 9.17) is 11.6 Å². The lowest BCUT2D eigenvalue weighted by atomic mass is 10.2. The van der Waals surface area contributed by atoms with Gasteiger partial charge in [-0.2, -0.15) is 0 Å². The second-order valence-electron chi connectivity index (χ2n) is 4.15. The van der Waals surface area contributed by atoms with Crippen LogP contribution in [0.4, 0.5) is 0 Å². The van der Waals surface area contributed by atoms with Crippen LogP contribution in [0.5, 0.6) is 0 Å². The van der Waals surface area contributed by atoms with Crippen molar-refractivity contribution in [3.8, 4) is 0 Å². The molecule has 5 heteroatoms. The zero-order valence-electron chi connectivity index (χ0n) is 10.6. The maximum atomic E-state index is 11.7. The molecule has 3 nitrogen and oxygen atoms in total. The summed E-state index contributed by atoms with van der Waals surface area (Å²) in [6.45, 7) is 2.68. The van der Waals surface area contributed by atoms with Crippen molar-refractivity contribution < 1.29 is 4.79 Å². The Balaban J connectivity index is 1.72. The van der Waals surface area contributed by atoms with Crippen LogP contribution in [0.2, 0.25) is 5.02 Å². The van der Waals surface area contributed by atoms with Gasteiger partial charge in [0, 0.05) is 23.4 Å². The molecule has 1 heterocycles. The van der Waals surface area contributed by atoms with Gasteiger partial charge in [-0.15, -0.1) is 11.8 Å². The van der Waals surface area contributed by atoms with Gasteiger partial charge < -0.3 is 10.3 Å². The molecule has 1 aromatic heterocycles. The molecule has 100 valence electrons. The van der Waals surface area contributed by atoms with Crippen molar-refractivity contribution >= 4 is 29.3 Å². The smallest absolute Gasteiger partial charge is 0.267 e. The average molecular weight is 295 g/mol. The topological polar surface area (TPSA) is 44.9 Å². The maximum Gasteiger partial charge on any atom is 0.267 e. The predicted molar refractivity (Wildman–Crippen MR) is 80.0 cm³/mol. The molecule has 0 saturated heterocycles. The summed E-state index contributed by atoms with van der Waals surface area (Å²) < 4.78 is 0. The molecule has 0 fully saturated rings. The number of aromatic nitrogens is 1. The number of hydrogen-bond donors (Lipinski definition) is 2. The number of aromatic amines is 1. The molecular weight excluding hydrogens is 280 g/mol. The van der Waals surface area contributed by atoms with Crippen LogP contribution in [-0.4, -0.2) is 23.2 Å². The average Bonchev–Trinajstić information content (AvgIpc) is 2.83. The number of H-pyrrole nitrogens is 1. The molecule has 0 aliphatic heterocycles. The number of carbonyl (C=O) groups excluding carboxylic acids is 1. The molecule has 0 radical (unpaired) electrons. The van der Waals surface area contributed by atoms with Crippen LogP contribution in [0.1, 0.15) is 16.1 Å². The number of rotatable bonds is 5. The quantitative estimate of drug-likeness (QED) is 0.655. The summed E-state index contributed by atoms with van der Waals surface area (Å²) in [5, 5.41) is 3.39. The first kappa shape index (κ1) is 14.0. The largest absolute Gasteiger partial charge is 0.356 e. The van der Waals surface area contributed by atoms with Crippen LogP contribution < -0.4 is 5.32 Å². The fourth-order valence-electron chi connectivity index (χ4n) is 1.56. The minimum Gasteiger partial charge on any atom is -0.356 e. The van der Waals surface area contributed by atoms with Crippen molar-refractivity contribution in [2.45, 2.75) is 11.8 Å². The molecular formula is C14H15ClN2OS. The van der Waals surface area contributed by atoms with E-state index in [1.165, 1.54) is 10.5 Å². The molecule has 0 aliphatic rings. The predicted octanol–water partition coefficient (Wildman–Crippen LogP) is 3.50. The number of benzene rings is 1. The Morgan fingerprint density at radius 3 is 2.74 bits per heavy atom. The fourth-order valence-corrected chi connectivity index (χ4v) is 2.49. The summed E-state index contributed by atoms with van der Waals surface area (Å²) in [5.41, 5.74) is 1.74. The molecule has 1 aromatic carbocycles. The van der Waals surface area contributed by atoms with Gasteiger partial charge in [-0.1, -0.05) is 29.3 Å². The van der Waals surface area contributed by atoms with Gasteiger partial charge in [0.2, 0.25) is 0 Å². The summed E-state index contributed by atoms with van der Waals surface area (Å²) in [5.74, 6) is 0.708. The van der Waals surface area contributed by atoms with Crippen molar-refractivity contribution in [3.05, 3.63) is 52.8 Å². The van der Waals surface area contributed by atoms with E-state index < -0.39 is 0 Å². The SMILES string of the molecule is Cc1ccc(SCCNC(=O)c2cc(Cl)c[nH]2)cc1. The highest BCUT2D eigenvalue weighted by atomic mass is 35.5. The molecule has 2 aromatic rings. The first-order valence-corrected chi connectivity index (χ1v) is 7.33. The first-order chi connectivity index (χ1) is 9.15. The van der Waals surface area contributed by atoms with E-state index in [0.717, 1.165) is 5.75 Å². The highest BCUT2D eigenvalue weighted by Gasteiger charge is 2.06. The van der Waals surface area contributed by atoms with Gasteiger partial charge in [0.1, 0.15) is 5.69 Å². The van der Waals surface area contributed by atoms with Crippen LogP contribution in [0.25, 0.3) is 0 Å². The lowest BCUT2D eigenvalue weighted by molar-refractivity contribution is 0.0952. The highest BCUT2D eigenvalue weighted by Crippen LogP contribution is 2.17. The molecule has 2 rings (SSSR count). The Morgan fingerprint density at radius 2 is 2.11 bits per heavy atom. The van der Waals surface area contributed by atoms with Crippen molar-refractivity contribution in [1.82, 2.24) is 10.3 Å². The van der Waals surface area contributed by atoms with Gasteiger partial charge in [0.25, 0.3) is 5.91 Å². The number of nitrogens with one attached hydrogen (secondary N) is 2. The third-order valence-corrected chi connectivity index (χ3v) is 3.80. The van der Waals surface area contributed by atoms with Crippen LogP contribution in [-0.2, 0) is 0 Å². The monoisotopic (exact) mass is 294 g/mol. The molecule has 0 aliphatic carbocycles. The summed E-state index contributed by atoms with van der Waals surface area (Å²) in [4.78, 5) is 15.7. The van der Waals surface area contributed by atoms with E-state index in [-0.39, 0.29) is 5.91 Å². The zero-order valence-corrected chi connectivity index (χ0v) is 12.1. The second kappa shape index (κ2) is 6.68. The Labute approximate surface area is 121 Å². The van der Waals surface area contributed by atoms with Gasteiger partial charge in [-0.05, 0) is 25.1 Å². The number of carbonyl (C=O) groups is 1. The van der Waals surface area contributed by atoms with E-state index in [1.807, 2.05) is 0 Å². The Morgan fingerprint density at radius 1 is 1.37 bits per heavy atom. The summed E-state index contributed by atoms with van der Waals surface area (Å²) in [6, 6.07) is 9.97. The van der Waals surface area contributed by atoms with E-state index in [0.29, 0.717) is 17.3 Å². The molecule has 0 bridgehead atoms. The van der Waals surface area contributed by atoms with Crippen molar-refractivity contribution in [3.63, 3.8) is 0 Å². The maximum absolute atomic E-state index is 11.7. The third kappa shape index (κ3) is 4.33. The molecule has 1 amide bonds. The van der Waals surface area contributed by atoms with Crippen LogP contribution >= 0.6 is 23.4 Å². The zero-order chi connectivity index (χ0) is 13.7. The Kier molecular flexibility index (Phi) is 4.93. The molecule has 19 heavy (non-hydrogen) atoms. The minimum absolute atomic E-state index is 0.128. The first-order valence-electron chi connectivity index (χ1n) is 5.97. The lowest BCUT2D eigenvalue weighted by Gasteiger charge is -2.04. The van der Waals surface area contributed by atoms with Crippen molar-refractivity contribution in [2.75, 3.05) is 12.3 Å². The summed E-state index contributed by atoms with van der Waals surface area (Å²) in [6.07, 6.45) is 1.59. The molecule has 2 N–H and O–H groups in total. The summed E-state index contributed by atoms with van der Waals surface area (Å²) >= 11 is 7.46. The Hall–Kier alpha value is -1.39. The number of aryl methyl sites for hydroxylation is 1. The van der Waals surface area contributed by atoms with Gasteiger partial charge in [0.05, 0.1) is 5.02 Å². The fraction of sp³-hybridized carbons (Fsp3) is 0.214. The molecule has 0 atom stereocenters. The van der Waals surface area contributed by atoms with Gasteiger partial charge in [0.15, 0.2) is 0 Å². The van der Waals surface area contributed by atoms with E-state index in [9.17, 15) is 4.79 Å². The van der Waals surface area contributed by atoms with Crippen molar-refractivity contribution in [2.24, 2.45) is 0 Å². The number of thioether (sulfide) groups is 1. The van der Waals surface area contributed by atoms with Crippen LogP contribution in [0, 0.1) is 6.92 Å². The normalized spacial score (nSPS) is 10.4. The van der Waals surface area contributed by atoms with Gasteiger partial charge in [-0.25, -0.2) is 0 Å². The summed E-state index contributed by atoms with van der Waals surface area (Å²) in [7, 11) is 0. The molecule has 0 saturated carbocycles. The van der Waals surface area contributed by atoms with Crippen LogP contribution in [0.3, 0.4) is 0 Å². The molecule has 0 unspecified atom stereocenters. The van der Waals surface area contributed by atoms with E-state index >= 15 is 0 Å². The molecule has 0 spiro atoms. The minimum atomic E-state index is -0.128. The van der Waals surface area contributed by atoms with E-state index in [2.05, 4.69) is 41.5 Å². The number of amides is 1. The lowest BCUT2D eigenvalue weighted by Crippen LogP contribution is -2.25. The number of hydrogen-bond acceptors (Lipinski definition) is 2. The third-order valence-electron chi connectivity index (χ3n) is 2.57. The van der Waals surface area contributed by atoms with Crippen molar-refractivity contribution in [1.29, 1.82) is 0 Å². The van der Waals surface area contributed by atoms with Gasteiger partial charge in [-0.3, -0.25) is 4.79 Å². The van der Waals surface area contributed by atoms with E-state index in [1.54, 1.807) is 24.0 Å². The second-order valence-corrected chi connectivity index (χ2v) is 5.75. The number of halogens is 1. The van der Waals surface area contributed by atoms with Gasteiger partial charge >= 0.3 is 0 Å².